The van der Waals surface area contributed by atoms with Crippen LogP contribution in [0.1, 0.15) is 27.2 Å². The van der Waals surface area contributed by atoms with E-state index in [-0.39, 0.29) is 16.4 Å². The molecule has 0 bridgehead atoms. The zero-order chi connectivity index (χ0) is 15.7. The minimum absolute atomic E-state index is 0.0727. The van der Waals surface area contributed by atoms with Crippen molar-refractivity contribution in [3.63, 3.8) is 0 Å². The van der Waals surface area contributed by atoms with Gasteiger partial charge in [0.2, 0.25) is 10.0 Å². The summed E-state index contributed by atoms with van der Waals surface area (Å²) in [4.78, 5) is 0.289. The zero-order valence-corrected chi connectivity index (χ0v) is 13.8. The molecule has 5 nitrogen and oxygen atoms in total. The van der Waals surface area contributed by atoms with Gasteiger partial charge < -0.3 is 10.1 Å². The van der Waals surface area contributed by atoms with E-state index in [2.05, 4.69) is 23.9 Å². The van der Waals surface area contributed by atoms with Crippen LogP contribution in [0, 0.1) is 5.41 Å². The van der Waals surface area contributed by atoms with E-state index in [0.29, 0.717) is 12.6 Å². The molecule has 0 saturated heterocycles. The minimum atomic E-state index is -3.38. The van der Waals surface area contributed by atoms with Crippen molar-refractivity contribution < 1.29 is 13.2 Å². The number of rotatable bonds is 6. The largest absolute Gasteiger partial charge is 0.382 e. The number of ether oxygens (including phenoxy) is 1. The second-order valence-electron chi connectivity index (χ2n) is 6.00. The van der Waals surface area contributed by atoms with Crippen LogP contribution in [0.25, 0.3) is 0 Å². The molecule has 1 aromatic rings. The van der Waals surface area contributed by atoms with Crippen molar-refractivity contribution in [2.75, 3.05) is 19.0 Å². The second kappa shape index (κ2) is 5.94. The first-order valence-electron chi connectivity index (χ1n) is 7.20. The van der Waals surface area contributed by atoms with E-state index < -0.39 is 10.0 Å². The van der Waals surface area contributed by atoms with E-state index in [4.69, 9.17) is 4.74 Å². The number of methoxy groups -OCH3 is 1. The number of sulfonamides is 1. The van der Waals surface area contributed by atoms with Crippen molar-refractivity contribution in [1.29, 1.82) is 0 Å². The van der Waals surface area contributed by atoms with Crippen LogP contribution in [-0.4, -0.2) is 34.2 Å². The summed E-state index contributed by atoms with van der Waals surface area (Å²) in [7, 11) is -1.64. The molecule has 118 valence electrons. The molecule has 1 aliphatic rings. The SMILES string of the molecule is CCNS(=O)(=O)c1ccc(NC2CC(OC)C2(C)C)cc1. The van der Waals surface area contributed by atoms with Crippen LogP contribution in [-0.2, 0) is 14.8 Å². The Balaban J connectivity index is 2.04. The Morgan fingerprint density at radius 2 is 1.90 bits per heavy atom. The maximum atomic E-state index is 11.9. The summed E-state index contributed by atoms with van der Waals surface area (Å²) in [6.45, 7) is 6.49. The fourth-order valence-corrected chi connectivity index (χ4v) is 3.78. The molecule has 1 saturated carbocycles. The van der Waals surface area contributed by atoms with Crippen LogP contribution in [0.3, 0.4) is 0 Å². The average Bonchev–Trinajstić information content (AvgIpc) is 2.43. The highest BCUT2D eigenvalue weighted by atomic mass is 32.2. The predicted octanol–water partition coefficient (Wildman–Crippen LogP) is 2.21. The highest BCUT2D eigenvalue weighted by Gasteiger charge is 2.48. The van der Waals surface area contributed by atoms with Crippen molar-refractivity contribution in [1.82, 2.24) is 4.72 Å². The maximum Gasteiger partial charge on any atom is 0.240 e. The summed E-state index contributed by atoms with van der Waals surface area (Å²) in [5.74, 6) is 0. The molecule has 2 rings (SSSR count). The fraction of sp³-hybridized carbons (Fsp3) is 0.600. The van der Waals surface area contributed by atoms with Crippen molar-refractivity contribution >= 4 is 15.7 Å². The molecule has 2 atom stereocenters. The van der Waals surface area contributed by atoms with Crippen LogP contribution in [0.15, 0.2) is 29.2 Å². The molecule has 1 aliphatic carbocycles. The molecule has 6 heteroatoms. The Morgan fingerprint density at radius 3 is 2.38 bits per heavy atom. The Bertz CT molecular complexity index is 581. The van der Waals surface area contributed by atoms with Crippen molar-refractivity contribution in [2.45, 2.75) is 44.2 Å². The van der Waals surface area contributed by atoms with Crippen LogP contribution in [0.2, 0.25) is 0 Å². The van der Waals surface area contributed by atoms with Crippen molar-refractivity contribution in [2.24, 2.45) is 5.41 Å². The van der Waals surface area contributed by atoms with Gasteiger partial charge in [-0.1, -0.05) is 20.8 Å². The average molecular weight is 312 g/mol. The summed E-state index contributed by atoms with van der Waals surface area (Å²) < 4.78 is 31.7. The number of anilines is 1. The van der Waals surface area contributed by atoms with Gasteiger partial charge in [-0.3, -0.25) is 0 Å². The molecule has 0 radical (unpaired) electrons. The van der Waals surface area contributed by atoms with Crippen molar-refractivity contribution in [3.8, 4) is 0 Å². The molecular weight excluding hydrogens is 288 g/mol. The molecule has 0 amide bonds. The third-order valence-corrected chi connectivity index (χ3v) is 5.86. The van der Waals surface area contributed by atoms with Gasteiger partial charge in [0.25, 0.3) is 0 Å². The fourth-order valence-electron chi connectivity index (χ4n) is 2.74. The highest BCUT2D eigenvalue weighted by molar-refractivity contribution is 7.89. The molecule has 0 heterocycles. The van der Waals surface area contributed by atoms with E-state index in [9.17, 15) is 8.42 Å². The summed E-state index contributed by atoms with van der Waals surface area (Å²) >= 11 is 0. The summed E-state index contributed by atoms with van der Waals surface area (Å²) in [5, 5.41) is 3.45. The van der Waals surface area contributed by atoms with Gasteiger partial charge in [0.15, 0.2) is 0 Å². The van der Waals surface area contributed by atoms with Gasteiger partial charge in [0, 0.05) is 30.8 Å². The van der Waals surface area contributed by atoms with Gasteiger partial charge in [-0.15, -0.1) is 0 Å². The highest BCUT2D eigenvalue weighted by Crippen LogP contribution is 2.44. The molecule has 2 N–H and O–H groups in total. The molecule has 0 spiro atoms. The van der Waals surface area contributed by atoms with Gasteiger partial charge in [-0.2, -0.15) is 0 Å². The van der Waals surface area contributed by atoms with E-state index in [1.54, 1.807) is 38.3 Å². The van der Waals surface area contributed by atoms with E-state index in [1.807, 2.05) is 0 Å². The zero-order valence-electron chi connectivity index (χ0n) is 13.0. The molecule has 21 heavy (non-hydrogen) atoms. The monoisotopic (exact) mass is 312 g/mol. The van der Waals surface area contributed by atoms with Crippen LogP contribution < -0.4 is 10.0 Å². The third kappa shape index (κ3) is 3.22. The Hall–Kier alpha value is -1.11. The molecule has 2 unspecified atom stereocenters. The van der Waals surface area contributed by atoms with Crippen LogP contribution in [0.4, 0.5) is 5.69 Å². The lowest BCUT2D eigenvalue weighted by Crippen LogP contribution is -2.57. The number of hydrogen-bond donors (Lipinski definition) is 2. The molecule has 1 aromatic carbocycles. The maximum absolute atomic E-state index is 11.9. The molecule has 0 aromatic heterocycles. The minimum Gasteiger partial charge on any atom is -0.382 e. The lowest BCUT2D eigenvalue weighted by molar-refractivity contribution is -0.0794. The predicted molar refractivity (Wildman–Crippen MR) is 83.9 cm³/mol. The number of nitrogens with one attached hydrogen (secondary N) is 2. The van der Waals surface area contributed by atoms with Gasteiger partial charge in [0.05, 0.1) is 11.0 Å². The van der Waals surface area contributed by atoms with Crippen LogP contribution >= 0.6 is 0 Å². The summed E-state index contributed by atoms with van der Waals surface area (Å²) in [6, 6.07) is 7.19. The first-order chi connectivity index (χ1) is 9.81. The number of benzene rings is 1. The lowest BCUT2D eigenvalue weighted by atomic mass is 9.64. The van der Waals surface area contributed by atoms with Crippen molar-refractivity contribution in [3.05, 3.63) is 24.3 Å². The quantitative estimate of drug-likeness (QED) is 0.845. The smallest absolute Gasteiger partial charge is 0.240 e. The summed E-state index contributed by atoms with van der Waals surface area (Å²) in [6.07, 6.45) is 1.23. The van der Waals surface area contributed by atoms with Crippen LogP contribution in [0.5, 0.6) is 0 Å². The van der Waals surface area contributed by atoms with Gasteiger partial charge in [-0.25, -0.2) is 13.1 Å². The molecule has 1 fully saturated rings. The van der Waals surface area contributed by atoms with E-state index >= 15 is 0 Å². The first kappa shape index (κ1) is 16.3. The standard InChI is InChI=1S/C15H24N2O3S/c1-5-16-21(18,19)12-8-6-11(7-9-12)17-13-10-14(20-4)15(13,2)3/h6-9,13-14,16-17H,5,10H2,1-4H3. The first-order valence-corrected chi connectivity index (χ1v) is 8.68. The van der Waals surface area contributed by atoms with Gasteiger partial charge in [-0.05, 0) is 30.7 Å². The summed E-state index contributed by atoms with van der Waals surface area (Å²) in [5.41, 5.74) is 1.00. The Labute approximate surface area is 127 Å². The van der Waals surface area contributed by atoms with E-state index in [1.165, 1.54) is 0 Å². The molecular formula is C15H24N2O3S. The third-order valence-electron chi connectivity index (χ3n) is 4.30. The Kier molecular flexibility index (Phi) is 4.60. The number of hydrogen-bond acceptors (Lipinski definition) is 4. The topological polar surface area (TPSA) is 67.4 Å². The Morgan fingerprint density at radius 1 is 1.29 bits per heavy atom. The van der Waals surface area contributed by atoms with E-state index in [0.717, 1.165) is 12.1 Å². The van der Waals surface area contributed by atoms with Gasteiger partial charge >= 0.3 is 0 Å². The lowest BCUT2D eigenvalue weighted by Gasteiger charge is -2.51. The van der Waals surface area contributed by atoms with Gasteiger partial charge in [0.1, 0.15) is 0 Å². The normalized spacial score (nSPS) is 24.4. The molecule has 0 aliphatic heterocycles. The second-order valence-corrected chi connectivity index (χ2v) is 7.77.